The number of benzene rings is 3. The van der Waals surface area contributed by atoms with Gasteiger partial charge < -0.3 is 14.2 Å². The number of hydrogen-bond acceptors (Lipinski definition) is 8. The number of ether oxygens (including phenoxy) is 3. The zero-order valence-electron chi connectivity index (χ0n) is 28.6. The number of alkyl halides is 1. The Kier molecular flexibility index (Phi) is 15.8. The van der Waals surface area contributed by atoms with Crippen LogP contribution in [0.1, 0.15) is 77.2 Å². The second-order valence-corrected chi connectivity index (χ2v) is 13.5. The van der Waals surface area contributed by atoms with Crippen LogP contribution in [0.5, 0.6) is 11.5 Å². The van der Waals surface area contributed by atoms with Crippen LogP contribution >= 0.6 is 34.8 Å². The first-order valence-corrected chi connectivity index (χ1v) is 18.1. The number of anilines is 2. The quantitative estimate of drug-likeness (QED) is 0.0398. The number of aromatic amines is 1. The van der Waals surface area contributed by atoms with Gasteiger partial charge in [0.1, 0.15) is 18.0 Å². The van der Waals surface area contributed by atoms with E-state index in [1.54, 1.807) is 0 Å². The number of nitrogens with zero attached hydrogens (tertiary/aromatic N) is 2. The minimum Gasteiger partial charge on any atom is -0.494 e. The van der Waals surface area contributed by atoms with E-state index in [1.807, 2.05) is 67.6 Å². The molecule has 0 spiro atoms. The molecule has 50 heavy (non-hydrogen) atoms. The fourth-order valence-corrected chi connectivity index (χ4v) is 6.00. The van der Waals surface area contributed by atoms with E-state index in [-0.39, 0.29) is 46.1 Å². The normalized spacial score (nSPS) is 12.4. The molecule has 0 aliphatic rings. The highest BCUT2D eigenvalue weighted by Crippen LogP contribution is 2.36. The van der Waals surface area contributed by atoms with E-state index in [0.29, 0.717) is 17.1 Å². The van der Waals surface area contributed by atoms with Crippen LogP contribution in [0.3, 0.4) is 0 Å². The van der Waals surface area contributed by atoms with Gasteiger partial charge in [-0.2, -0.15) is 0 Å². The number of para-hydroxylation sites is 1. The number of H-pyrrole nitrogens is 1. The van der Waals surface area contributed by atoms with E-state index < -0.39 is 11.7 Å². The van der Waals surface area contributed by atoms with E-state index in [9.17, 15) is 9.59 Å². The van der Waals surface area contributed by atoms with Gasteiger partial charge in [0.2, 0.25) is 5.75 Å². The largest absolute Gasteiger partial charge is 0.514 e. The van der Waals surface area contributed by atoms with Crippen molar-refractivity contribution in [1.29, 1.82) is 0 Å². The molecule has 0 fully saturated rings. The van der Waals surface area contributed by atoms with Gasteiger partial charge in [0.25, 0.3) is 0 Å². The third kappa shape index (κ3) is 11.4. The lowest BCUT2D eigenvalue weighted by Crippen LogP contribution is -2.38. The van der Waals surface area contributed by atoms with Crippen molar-refractivity contribution < 1.29 is 23.8 Å². The van der Waals surface area contributed by atoms with E-state index in [2.05, 4.69) is 17.6 Å². The van der Waals surface area contributed by atoms with Crippen LogP contribution in [0.2, 0.25) is 10.0 Å². The number of hydrazine groups is 1. The molecule has 0 saturated heterocycles. The molecule has 0 saturated carbocycles. The first kappa shape index (κ1) is 39.1. The van der Waals surface area contributed by atoms with Gasteiger partial charge in [-0.3, -0.25) is 14.7 Å². The smallest absolute Gasteiger partial charge is 0.494 e. The maximum absolute atomic E-state index is 14.1. The zero-order valence-corrected chi connectivity index (χ0v) is 30.9. The summed E-state index contributed by atoms with van der Waals surface area (Å²) in [6.07, 6.45) is 7.86. The van der Waals surface area contributed by atoms with Crippen LogP contribution in [-0.2, 0) is 16.2 Å². The van der Waals surface area contributed by atoms with E-state index in [1.165, 1.54) is 49.9 Å². The molecule has 0 aliphatic carbocycles. The predicted octanol–water partition coefficient (Wildman–Crippen LogP) is 10.3. The third-order valence-electron chi connectivity index (χ3n) is 7.97. The lowest BCUT2D eigenvalue weighted by Gasteiger charge is -2.27. The lowest BCUT2D eigenvalue weighted by molar-refractivity contribution is -0.0353. The highest BCUT2D eigenvalue weighted by atomic mass is 35.5. The van der Waals surface area contributed by atoms with E-state index in [4.69, 9.17) is 53.9 Å². The van der Waals surface area contributed by atoms with Crippen molar-refractivity contribution in [1.82, 2.24) is 15.4 Å². The third-order valence-corrected chi connectivity index (χ3v) is 8.69. The minimum atomic E-state index is -1.08. The maximum atomic E-state index is 14.1. The topological polar surface area (TPSA) is 107 Å². The van der Waals surface area contributed by atoms with Gasteiger partial charge in [-0.25, -0.2) is 14.5 Å². The standard InChI is InChI=1S/C37H45Cl3N4O6/c1-4-5-6-7-8-15-20-30(22-21-26(2)38)50-42-43(29-18-13-10-14-19-29)35-34(49-37(46)48-25-27-16-11-9-12-17-27)36(45)44(41-35)33-31(40)23-28(39)24-32(33)47-3/h9-14,16-19,23-24,26,30,41-42H,4-8,15,20-22,25H2,1-3H3. The Morgan fingerprint density at radius 2 is 1.62 bits per heavy atom. The molecule has 270 valence electrons. The average Bonchev–Trinajstić information content (AvgIpc) is 3.41. The molecule has 1 aromatic heterocycles. The van der Waals surface area contributed by atoms with Crippen LogP contribution in [0, 0.1) is 0 Å². The summed E-state index contributed by atoms with van der Waals surface area (Å²) in [5.41, 5.74) is 3.77. The number of carbonyl (C=O) groups is 1. The van der Waals surface area contributed by atoms with Gasteiger partial charge in [-0.05, 0) is 49.9 Å². The van der Waals surface area contributed by atoms with Gasteiger partial charge in [0.05, 0.1) is 23.9 Å². The molecular formula is C37H45Cl3N4O6. The number of nitrogens with one attached hydrogen (secondary N) is 2. The molecule has 1 heterocycles. The molecule has 4 aromatic rings. The van der Waals surface area contributed by atoms with Crippen LogP contribution in [0.15, 0.2) is 77.6 Å². The monoisotopic (exact) mass is 746 g/mol. The van der Waals surface area contributed by atoms with E-state index in [0.717, 1.165) is 35.9 Å². The second-order valence-electron chi connectivity index (χ2n) is 11.9. The molecule has 0 radical (unpaired) electrons. The van der Waals surface area contributed by atoms with Crippen molar-refractivity contribution in [2.45, 2.75) is 89.7 Å². The Morgan fingerprint density at radius 3 is 2.30 bits per heavy atom. The van der Waals surface area contributed by atoms with Crippen LogP contribution < -0.4 is 25.6 Å². The SMILES string of the molecule is CCCCCCCCC(CCC(C)Cl)ONN(c1ccccc1)c1[nH]n(-c2c(Cl)cc(Cl)cc2OC)c(=O)c1OC(=O)OCc1ccccc1. The summed E-state index contributed by atoms with van der Waals surface area (Å²) in [4.78, 5) is 33.6. The van der Waals surface area contributed by atoms with Crippen LogP contribution in [0.4, 0.5) is 16.3 Å². The predicted molar refractivity (Wildman–Crippen MR) is 199 cm³/mol. The van der Waals surface area contributed by atoms with Gasteiger partial charge in [0.15, 0.2) is 5.82 Å². The summed E-state index contributed by atoms with van der Waals surface area (Å²) >= 11 is 19.2. The van der Waals surface area contributed by atoms with Gasteiger partial charge in [-0.15, -0.1) is 17.2 Å². The second kappa shape index (κ2) is 20.2. The molecule has 2 atom stereocenters. The van der Waals surface area contributed by atoms with Crippen molar-refractivity contribution in [2.75, 3.05) is 12.1 Å². The van der Waals surface area contributed by atoms with Gasteiger partial charge in [0, 0.05) is 16.5 Å². The molecule has 2 unspecified atom stereocenters. The summed E-state index contributed by atoms with van der Waals surface area (Å²) in [7, 11) is 1.43. The fraction of sp³-hybridized carbons (Fsp3) is 0.405. The lowest BCUT2D eigenvalue weighted by atomic mass is 10.0. The number of aromatic nitrogens is 2. The Morgan fingerprint density at radius 1 is 0.940 bits per heavy atom. The number of unbranched alkanes of at least 4 members (excludes halogenated alkanes) is 5. The molecule has 4 rings (SSSR count). The number of rotatable bonds is 20. The van der Waals surface area contributed by atoms with Crippen molar-refractivity contribution in [3.63, 3.8) is 0 Å². The van der Waals surface area contributed by atoms with Crippen LogP contribution in [-0.4, -0.2) is 34.5 Å². The maximum Gasteiger partial charge on any atom is 0.514 e. The van der Waals surface area contributed by atoms with Crippen LogP contribution in [0.25, 0.3) is 5.69 Å². The Balaban J connectivity index is 1.71. The average molecular weight is 748 g/mol. The Labute approximate surface area is 308 Å². The zero-order chi connectivity index (χ0) is 35.9. The van der Waals surface area contributed by atoms with Crippen molar-refractivity contribution >= 4 is 52.5 Å². The molecule has 2 N–H and O–H groups in total. The molecule has 0 amide bonds. The van der Waals surface area contributed by atoms with E-state index >= 15 is 0 Å². The molecular weight excluding hydrogens is 703 g/mol. The molecule has 10 nitrogen and oxygen atoms in total. The fourth-order valence-electron chi connectivity index (χ4n) is 5.32. The highest BCUT2D eigenvalue weighted by molar-refractivity contribution is 6.36. The summed E-state index contributed by atoms with van der Waals surface area (Å²) in [6, 6.07) is 21.3. The van der Waals surface area contributed by atoms with Crippen molar-refractivity contribution in [2.24, 2.45) is 0 Å². The first-order valence-electron chi connectivity index (χ1n) is 16.9. The highest BCUT2D eigenvalue weighted by Gasteiger charge is 2.29. The number of halogens is 3. The molecule has 0 aliphatic heterocycles. The first-order chi connectivity index (χ1) is 24.2. The Hall–Kier alpha value is -3.67. The molecule has 13 heteroatoms. The minimum absolute atomic E-state index is 0.0257. The molecule has 0 bridgehead atoms. The van der Waals surface area contributed by atoms with Crippen molar-refractivity contribution in [3.05, 3.63) is 98.8 Å². The summed E-state index contributed by atoms with van der Waals surface area (Å²) < 4.78 is 17.7. The number of carbonyl (C=O) groups excluding carboxylic acids is 1. The number of hydrogen-bond donors (Lipinski definition) is 2. The van der Waals surface area contributed by atoms with Gasteiger partial charge in [-0.1, -0.05) is 117 Å². The molecule has 3 aromatic carbocycles. The summed E-state index contributed by atoms with van der Waals surface area (Å²) in [6.45, 7) is 4.10. The van der Waals surface area contributed by atoms with Crippen molar-refractivity contribution in [3.8, 4) is 17.2 Å². The Bertz CT molecular complexity index is 1680. The number of methoxy groups -OCH3 is 1. The van der Waals surface area contributed by atoms with Gasteiger partial charge >= 0.3 is 11.7 Å². The summed E-state index contributed by atoms with van der Waals surface area (Å²) in [5, 5.41) is 4.94. The summed E-state index contributed by atoms with van der Waals surface area (Å²) in [5.74, 6) is -0.131.